The first-order chi connectivity index (χ1) is 12.2. The van der Waals surface area contributed by atoms with Gasteiger partial charge in [-0.05, 0) is 19.3 Å². The lowest BCUT2D eigenvalue weighted by molar-refractivity contribution is -0.137. The number of carbonyl (C=O) groups excluding carboxylic acids is 1. The summed E-state index contributed by atoms with van der Waals surface area (Å²) in [4.78, 5) is 32.6. The number of hydrogen-bond donors (Lipinski definition) is 1. The Morgan fingerprint density at radius 2 is 2.12 bits per heavy atom. The fraction of sp³-hybridized carbons (Fsp3) is 0.556. The number of piperidine rings is 2. The van der Waals surface area contributed by atoms with E-state index < -0.39 is 0 Å². The summed E-state index contributed by atoms with van der Waals surface area (Å²) >= 11 is 0. The topological polar surface area (TPSA) is 78.0 Å². The van der Waals surface area contributed by atoms with Crippen LogP contribution in [0.15, 0.2) is 31.1 Å². The highest BCUT2D eigenvalue weighted by molar-refractivity contribution is 5.77. The molecule has 1 amide bonds. The van der Waals surface area contributed by atoms with Gasteiger partial charge in [0.05, 0.1) is 12.5 Å². The van der Waals surface area contributed by atoms with Gasteiger partial charge in [0.2, 0.25) is 5.91 Å². The Bertz CT molecular complexity index is 704. The number of anilines is 1. The highest BCUT2D eigenvalue weighted by Crippen LogP contribution is 2.39. The van der Waals surface area contributed by atoms with Crippen molar-refractivity contribution < 1.29 is 4.79 Å². The van der Waals surface area contributed by atoms with E-state index in [9.17, 15) is 4.79 Å². The van der Waals surface area contributed by atoms with E-state index in [0.29, 0.717) is 6.42 Å². The highest BCUT2D eigenvalue weighted by Gasteiger charge is 2.41. The van der Waals surface area contributed by atoms with Crippen LogP contribution >= 0.6 is 0 Å². The average Bonchev–Trinajstić information content (AvgIpc) is 3.17. The molecule has 4 heterocycles. The number of aromatic amines is 1. The maximum Gasteiger partial charge on any atom is 0.222 e. The molecule has 2 aliphatic rings. The summed E-state index contributed by atoms with van der Waals surface area (Å²) in [6.07, 6.45) is 13.6. The van der Waals surface area contributed by atoms with E-state index in [1.165, 1.54) is 6.42 Å². The molecule has 1 unspecified atom stereocenters. The van der Waals surface area contributed by atoms with Crippen LogP contribution in [0, 0.1) is 5.41 Å². The number of amides is 1. The fourth-order valence-electron chi connectivity index (χ4n) is 4.17. The Labute approximate surface area is 147 Å². The number of nitrogens with zero attached hydrogens (tertiary/aromatic N) is 5. The summed E-state index contributed by atoms with van der Waals surface area (Å²) < 4.78 is 0. The predicted octanol–water partition coefficient (Wildman–Crippen LogP) is 1.65. The smallest absolute Gasteiger partial charge is 0.222 e. The summed E-state index contributed by atoms with van der Waals surface area (Å²) in [7, 11) is 0. The van der Waals surface area contributed by atoms with Crippen molar-refractivity contribution in [3.63, 3.8) is 0 Å². The van der Waals surface area contributed by atoms with Gasteiger partial charge in [-0.2, -0.15) is 0 Å². The lowest BCUT2D eigenvalue weighted by atomic mass is 9.73. The molecule has 2 saturated heterocycles. The van der Waals surface area contributed by atoms with Gasteiger partial charge in [0, 0.05) is 68.7 Å². The van der Waals surface area contributed by atoms with Crippen molar-refractivity contribution in [1.29, 1.82) is 0 Å². The molecule has 25 heavy (non-hydrogen) atoms. The second-order valence-electron chi connectivity index (χ2n) is 7.23. The molecule has 2 aliphatic heterocycles. The summed E-state index contributed by atoms with van der Waals surface area (Å²) in [5.41, 5.74) is 1.26. The number of aromatic nitrogens is 4. The summed E-state index contributed by atoms with van der Waals surface area (Å²) in [6.45, 7) is 3.58. The SMILES string of the molecule is O=C1CCC2(CCCN(c3cnccn3)C2)CN1CCc1cnc[nH]1. The first kappa shape index (κ1) is 16.1. The van der Waals surface area contributed by atoms with Gasteiger partial charge >= 0.3 is 0 Å². The molecule has 0 radical (unpaired) electrons. The molecule has 2 fully saturated rings. The number of carbonyl (C=O) groups is 1. The minimum Gasteiger partial charge on any atom is -0.355 e. The molecule has 1 spiro atoms. The molecule has 2 aromatic heterocycles. The van der Waals surface area contributed by atoms with Gasteiger partial charge in [-0.15, -0.1) is 0 Å². The first-order valence-electron chi connectivity index (χ1n) is 9.00. The Morgan fingerprint density at radius 3 is 2.92 bits per heavy atom. The normalized spacial score (nSPS) is 24.1. The van der Waals surface area contributed by atoms with Crippen LogP contribution in [0.3, 0.4) is 0 Å². The van der Waals surface area contributed by atoms with Gasteiger partial charge in [-0.25, -0.2) is 9.97 Å². The van der Waals surface area contributed by atoms with Crippen molar-refractivity contribution >= 4 is 11.7 Å². The van der Waals surface area contributed by atoms with Crippen molar-refractivity contribution in [3.8, 4) is 0 Å². The van der Waals surface area contributed by atoms with Crippen molar-refractivity contribution in [3.05, 3.63) is 36.8 Å². The van der Waals surface area contributed by atoms with Crippen molar-refractivity contribution in [2.24, 2.45) is 5.41 Å². The van der Waals surface area contributed by atoms with Crippen molar-refractivity contribution in [2.75, 3.05) is 31.1 Å². The van der Waals surface area contributed by atoms with Gasteiger partial charge in [0.15, 0.2) is 0 Å². The summed E-state index contributed by atoms with van der Waals surface area (Å²) in [5.74, 6) is 1.23. The second kappa shape index (κ2) is 6.82. The molecule has 0 saturated carbocycles. The molecule has 132 valence electrons. The van der Waals surface area contributed by atoms with Gasteiger partial charge < -0.3 is 14.8 Å². The Morgan fingerprint density at radius 1 is 1.16 bits per heavy atom. The molecule has 1 atom stereocenters. The summed E-state index contributed by atoms with van der Waals surface area (Å²) in [6, 6.07) is 0. The molecule has 7 nitrogen and oxygen atoms in total. The van der Waals surface area contributed by atoms with Crippen LogP contribution in [0.25, 0.3) is 0 Å². The lowest BCUT2D eigenvalue weighted by Gasteiger charge is -2.48. The Balaban J connectivity index is 1.44. The van der Waals surface area contributed by atoms with Crippen LogP contribution in [0.1, 0.15) is 31.4 Å². The van der Waals surface area contributed by atoms with Crippen LogP contribution in [-0.2, 0) is 11.2 Å². The quantitative estimate of drug-likeness (QED) is 0.916. The molecule has 0 aliphatic carbocycles. The lowest BCUT2D eigenvalue weighted by Crippen LogP contribution is -2.54. The Kier molecular flexibility index (Phi) is 4.38. The molecule has 4 rings (SSSR count). The second-order valence-corrected chi connectivity index (χ2v) is 7.23. The van der Waals surface area contributed by atoms with Crippen LogP contribution in [0.4, 0.5) is 5.82 Å². The molecule has 7 heteroatoms. The van der Waals surface area contributed by atoms with Crippen molar-refractivity contribution in [2.45, 2.75) is 32.1 Å². The van der Waals surface area contributed by atoms with E-state index in [1.807, 2.05) is 17.3 Å². The predicted molar refractivity (Wildman–Crippen MR) is 94.0 cm³/mol. The third-order valence-corrected chi connectivity index (χ3v) is 5.49. The number of likely N-dealkylation sites (tertiary alicyclic amines) is 1. The van der Waals surface area contributed by atoms with E-state index >= 15 is 0 Å². The van der Waals surface area contributed by atoms with Crippen LogP contribution in [0.2, 0.25) is 0 Å². The average molecular weight is 340 g/mol. The molecular formula is C18H24N6O. The van der Waals surface area contributed by atoms with Crippen LogP contribution < -0.4 is 4.90 Å². The minimum atomic E-state index is 0.178. The summed E-state index contributed by atoms with van der Waals surface area (Å²) in [5, 5.41) is 0. The molecule has 0 bridgehead atoms. The van der Waals surface area contributed by atoms with Gasteiger partial charge in [-0.3, -0.25) is 9.78 Å². The van der Waals surface area contributed by atoms with E-state index in [0.717, 1.165) is 57.0 Å². The van der Waals surface area contributed by atoms with Crippen molar-refractivity contribution in [1.82, 2.24) is 24.8 Å². The largest absolute Gasteiger partial charge is 0.355 e. The number of nitrogens with one attached hydrogen (secondary N) is 1. The van der Waals surface area contributed by atoms with E-state index in [2.05, 4.69) is 24.8 Å². The van der Waals surface area contributed by atoms with E-state index in [-0.39, 0.29) is 11.3 Å². The highest BCUT2D eigenvalue weighted by atomic mass is 16.2. The van der Waals surface area contributed by atoms with Crippen LogP contribution in [0.5, 0.6) is 0 Å². The Hall–Kier alpha value is -2.44. The van der Waals surface area contributed by atoms with Gasteiger partial charge in [0.1, 0.15) is 5.82 Å². The number of H-pyrrole nitrogens is 1. The molecule has 2 aromatic rings. The molecule has 1 N–H and O–H groups in total. The van der Waals surface area contributed by atoms with E-state index in [1.54, 1.807) is 18.7 Å². The zero-order valence-corrected chi connectivity index (χ0v) is 14.4. The number of hydrogen-bond acceptors (Lipinski definition) is 5. The van der Waals surface area contributed by atoms with Gasteiger partial charge in [-0.1, -0.05) is 0 Å². The minimum absolute atomic E-state index is 0.178. The maximum atomic E-state index is 12.4. The fourth-order valence-corrected chi connectivity index (χ4v) is 4.17. The maximum absolute atomic E-state index is 12.4. The standard InChI is InChI=1S/C18H24N6O/c25-17-2-5-18(13-24(17)9-3-15-10-20-14-22-15)4-1-8-23(12-18)16-11-19-6-7-21-16/h6-7,10-11,14H,1-5,8-9,12-13H2,(H,20,22). The first-order valence-corrected chi connectivity index (χ1v) is 9.00. The third-order valence-electron chi connectivity index (χ3n) is 5.49. The third kappa shape index (κ3) is 3.50. The zero-order valence-electron chi connectivity index (χ0n) is 14.4. The number of rotatable bonds is 4. The number of imidazole rings is 1. The monoisotopic (exact) mass is 340 g/mol. The molecule has 0 aromatic carbocycles. The zero-order chi connectivity index (χ0) is 17.1. The van der Waals surface area contributed by atoms with Crippen LogP contribution in [-0.4, -0.2) is 56.9 Å². The van der Waals surface area contributed by atoms with Gasteiger partial charge in [0.25, 0.3) is 0 Å². The molecular weight excluding hydrogens is 316 g/mol. The van der Waals surface area contributed by atoms with E-state index in [4.69, 9.17) is 0 Å².